The molecule has 9 heteroatoms. The van der Waals surface area contributed by atoms with Gasteiger partial charge in [0.15, 0.2) is 0 Å². The number of non-ortho nitro benzene ring substituents is 1. The first kappa shape index (κ1) is 19.5. The SMILES string of the molecule is O=C(Nc1ccc2ncnc(Nc3cccc(Br)c3)c2c1)c1ccc([N+](=O)[O-])cc1. The van der Waals surface area contributed by atoms with Crippen LogP contribution < -0.4 is 10.6 Å². The van der Waals surface area contributed by atoms with Gasteiger partial charge in [-0.25, -0.2) is 9.97 Å². The number of hydrogen-bond acceptors (Lipinski definition) is 6. The number of aromatic nitrogens is 2. The predicted octanol–water partition coefficient (Wildman–Crippen LogP) is 5.30. The van der Waals surface area contributed by atoms with Crippen LogP contribution >= 0.6 is 15.9 Å². The molecule has 0 saturated carbocycles. The molecular weight excluding hydrogens is 450 g/mol. The lowest BCUT2D eigenvalue weighted by Crippen LogP contribution is -2.11. The number of nitrogens with zero attached hydrogens (tertiary/aromatic N) is 3. The van der Waals surface area contributed by atoms with Gasteiger partial charge in [-0.15, -0.1) is 0 Å². The van der Waals surface area contributed by atoms with E-state index in [1.54, 1.807) is 18.2 Å². The van der Waals surface area contributed by atoms with Crippen LogP contribution in [0.3, 0.4) is 0 Å². The van der Waals surface area contributed by atoms with Gasteiger partial charge in [0.25, 0.3) is 11.6 Å². The van der Waals surface area contributed by atoms with Gasteiger partial charge in [-0.3, -0.25) is 14.9 Å². The summed E-state index contributed by atoms with van der Waals surface area (Å²) in [6.07, 6.45) is 1.47. The number of rotatable bonds is 5. The van der Waals surface area contributed by atoms with E-state index < -0.39 is 4.92 Å². The highest BCUT2D eigenvalue weighted by molar-refractivity contribution is 9.10. The van der Waals surface area contributed by atoms with Gasteiger partial charge in [0.05, 0.1) is 10.4 Å². The van der Waals surface area contributed by atoms with Crippen LogP contribution in [-0.2, 0) is 0 Å². The molecule has 0 radical (unpaired) electrons. The minimum Gasteiger partial charge on any atom is -0.340 e. The lowest BCUT2D eigenvalue weighted by Gasteiger charge is -2.11. The number of hydrogen-bond donors (Lipinski definition) is 2. The highest BCUT2D eigenvalue weighted by atomic mass is 79.9. The standard InChI is InChI=1S/C21H14BrN5O3/c22-14-2-1-3-15(10-14)25-20-18-11-16(6-9-19(18)23-12-24-20)26-21(28)13-4-7-17(8-5-13)27(29)30/h1-12H,(H,26,28)(H,23,24,25). The molecule has 0 aliphatic rings. The highest BCUT2D eigenvalue weighted by Crippen LogP contribution is 2.27. The fourth-order valence-corrected chi connectivity index (χ4v) is 3.27. The maximum atomic E-state index is 12.5. The summed E-state index contributed by atoms with van der Waals surface area (Å²) in [7, 11) is 0. The van der Waals surface area contributed by atoms with Crippen LogP contribution in [0.4, 0.5) is 22.9 Å². The summed E-state index contributed by atoms with van der Waals surface area (Å²) in [4.78, 5) is 31.4. The lowest BCUT2D eigenvalue weighted by atomic mass is 10.1. The quantitative estimate of drug-likeness (QED) is 0.307. The third-order valence-corrected chi connectivity index (χ3v) is 4.81. The number of amides is 1. The Balaban J connectivity index is 1.60. The third kappa shape index (κ3) is 4.26. The Morgan fingerprint density at radius 1 is 0.967 bits per heavy atom. The molecule has 0 aliphatic heterocycles. The number of halogens is 1. The van der Waals surface area contributed by atoms with Crippen LogP contribution in [0.1, 0.15) is 10.4 Å². The number of benzene rings is 3. The maximum absolute atomic E-state index is 12.5. The second kappa shape index (κ2) is 8.26. The number of anilines is 3. The van der Waals surface area contributed by atoms with Gasteiger partial charge in [0.2, 0.25) is 0 Å². The first-order chi connectivity index (χ1) is 14.5. The summed E-state index contributed by atoms with van der Waals surface area (Å²) >= 11 is 3.44. The van der Waals surface area contributed by atoms with Gasteiger partial charge in [-0.1, -0.05) is 22.0 Å². The zero-order valence-corrected chi connectivity index (χ0v) is 17.0. The summed E-state index contributed by atoms with van der Waals surface area (Å²) in [5, 5.41) is 17.6. The van der Waals surface area contributed by atoms with E-state index in [4.69, 9.17) is 0 Å². The second-order valence-electron chi connectivity index (χ2n) is 6.35. The Labute approximate surface area is 179 Å². The highest BCUT2D eigenvalue weighted by Gasteiger charge is 2.11. The second-order valence-corrected chi connectivity index (χ2v) is 7.26. The van der Waals surface area contributed by atoms with Crippen molar-refractivity contribution in [3.05, 3.63) is 93.2 Å². The van der Waals surface area contributed by atoms with Crippen molar-refractivity contribution in [1.82, 2.24) is 9.97 Å². The van der Waals surface area contributed by atoms with Crippen LogP contribution in [0, 0.1) is 10.1 Å². The van der Waals surface area contributed by atoms with Crippen molar-refractivity contribution in [3.63, 3.8) is 0 Å². The van der Waals surface area contributed by atoms with E-state index in [0.717, 1.165) is 21.1 Å². The molecule has 0 fully saturated rings. The summed E-state index contributed by atoms with van der Waals surface area (Å²) in [5.41, 5.74) is 2.37. The molecule has 148 valence electrons. The average molecular weight is 464 g/mol. The van der Waals surface area contributed by atoms with E-state index in [0.29, 0.717) is 17.1 Å². The van der Waals surface area contributed by atoms with Crippen LogP contribution in [-0.4, -0.2) is 20.8 Å². The molecule has 4 aromatic rings. The molecule has 30 heavy (non-hydrogen) atoms. The van der Waals surface area contributed by atoms with Crippen LogP contribution in [0.5, 0.6) is 0 Å². The lowest BCUT2D eigenvalue weighted by molar-refractivity contribution is -0.384. The van der Waals surface area contributed by atoms with Gasteiger partial charge >= 0.3 is 0 Å². The Bertz CT molecular complexity index is 1260. The van der Waals surface area contributed by atoms with Crippen molar-refractivity contribution >= 4 is 55.6 Å². The first-order valence-corrected chi connectivity index (χ1v) is 9.62. The molecule has 1 heterocycles. The molecule has 2 N–H and O–H groups in total. The van der Waals surface area contributed by atoms with Crippen LogP contribution in [0.2, 0.25) is 0 Å². The van der Waals surface area contributed by atoms with Crippen molar-refractivity contribution in [2.24, 2.45) is 0 Å². The molecule has 8 nitrogen and oxygen atoms in total. The molecule has 4 rings (SSSR count). The average Bonchev–Trinajstić information content (AvgIpc) is 2.74. The largest absolute Gasteiger partial charge is 0.340 e. The third-order valence-electron chi connectivity index (χ3n) is 4.32. The minimum atomic E-state index is -0.509. The van der Waals surface area contributed by atoms with Gasteiger partial charge in [-0.2, -0.15) is 0 Å². The van der Waals surface area contributed by atoms with Gasteiger partial charge in [0.1, 0.15) is 12.1 Å². The Morgan fingerprint density at radius 2 is 1.77 bits per heavy atom. The minimum absolute atomic E-state index is 0.0716. The smallest absolute Gasteiger partial charge is 0.269 e. The summed E-state index contributed by atoms with van der Waals surface area (Å²) in [6.45, 7) is 0. The van der Waals surface area contributed by atoms with E-state index in [1.807, 2.05) is 24.3 Å². The van der Waals surface area contributed by atoms with Crippen molar-refractivity contribution in [3.8, 4) is 0 Å². The fraction of sp³-hybridized carbons (Fsp3) is 0. The molecule has 0 saturated heterocycles. The molecule has 0 unspecified atom stereocenters. The van der Waals surface area contributed by atoms with Crippen molar-refractivity contribution < 1.29 is 9.72 Å². The molecular formula is C21H14BrN5O3. The number of carbonyl (C=O) groups excluding carboxylic acids is 1. The van der Waals surface area contributed by atoms with E-state index in [-0.39, 0.29) is 11.6 Å². The van der Waals surface area contributed by atoms with Crippen molar-refractivity contribution in [1.29, 1.82) is 0 Å². The zero-order chi connectivity index (χ0) is 21.1. The Kier molecular flexibility index (Phi) is 5.36. The first-order valence-electron chi connectivity index (χ1n) is 8.83. The monoisotopic (exact) mass is 463 g/mol. The number of nitro groups is 1. The molecule has 1 amide bonds. The predicted molar refractivity (Wildman–Crippen MR) is 118 cm³/mol. The van der Waals surface area contributed by atoms with E-state index >= 15 is 0 Å². The van der Waals surface area contributed by atoms with Crippen molar-refractivity contribution in [2.75, 3.05) is 10.6 Å². The fourth-order valence-electron chi connectivity index (χ4n) is 2.87. The molecule has 0 spiro atoms. The topological polar surface area (TPSA) is 110 Å². The Morgan fingerprint density at radius 3 is 2.50 bits per heavy atom. The number of carbonyl (C=O) groups is 1. The maximum Gasteiger partial charge on any atom is 0.269 e. The number of fused-ring (bicyclic) bond motifs is 1. The molecule has 0 atom stereocenters. The summed E-state index contributed by atoms with van der Waals surface area (Å²) in [6, 6.07) is 18.4. The molecule has 0 aliphatic carbocycles. The number of nitrogens with one attached hydrogen (secondary N) is 2. The molecule has 3 aromatic carbocycles. The molecule has 1 aromatic heterocycles. The van der Waals surface area contributed by atoms with Crippen molar-refractivity contribution in [2.45, 2.75) is 0 Å². The Hall–Kier alpha value is -3.85. The normalized spacial score (nSPS) is 10.6. The summed E-state index contributed by atoms with van der Waals surface area (Å²) in [5.74, 6) is 0.229. The van der Waals surface area contributed by atoms with Gasteiger partial charge in [-0.05, 0) is 48.5 Å². The zero-order valence-electron chi connectivity index (χ0n) is 15.4. The van der Waals surface area contributed by atoms with E-state index in [2.05, 4.69) is 36.5 Å². The van der Waals surface area contributed by atoms with E-state index in [1.165, 1.54) is 30.6 Å². The number of nitro benzene ring substituents is 1. The summed E-state index contributed by atoms with van der Waals surface area (Å²) < 4.78 is 0.932. The van der Waals surface area contributed by atoms with Crippen LogP contribution in [0.25, 0.3) is 10.9 Å². The van der Waals surface area contributed by atoms with Gasteiger partial charge in [0, 0.05) is 38.9 Å². The van der Waals surface area contributed by atoms with Crippen LogP contribution in [0.15, 0.2) is 77.5 Å². The van der Waals surface area contributed by atoms with Gasteiger partial charge < -0.3 is 10.6 Å². The van der Waals surface area contributed by atoms with E-state index in [9.17, 15) is 14.9 Å². The molecule has 0 bridgehead atoms.